The van der Waals surface area contributed by atoms with Crippen molar-refractivity contribution in [3.05, 3.63) is 41.6 Å². The second kappa shape index (κ2) is 9.19. The summed E-state index contributed by atoms with van der Waals surface area (Å²) in [7, 11) is 0. The van der Waals surface area contributed by atoms with Crippen molar-refractivity contribution in [3.63, 3.8) is 0 Å². The second-order valence-electron chi connectivity index (χ2n) is 7.31. The number of halogens is 3. The zero-order valence-corrected chi connectivity index (χ0v) is 17.0. The molecule has 1 N–H and O–H groups in total. The van der Waals surface area contributed by atoms with Gasteiger partial charge in [0.05, 0.1) is 0 Å². The van der Waals surface area contributed by atoms with Crippen molar-refractivity contribution < 1.29 is 22.7 Å². The highest BCUT2D eigenvalue weighted by Crippen LogP contribution is 2.23. The summed E-state index contributed by atoms with van der Waals surface area (Å²) in [6.45, 7) is 4.99. The minimum Gasteiger partial charge on any atom is -0.432 e. The SMILES string of the molecule is Cc1cc(N2CCN(C(=O)Nc3ccc(OC(F)F)c(F)c3)CC2)nc(C(C)C)n1. The molecule has 1 aliphatic rings. The summed E-state index contributed by atoms with van der Waals surface area (Å²) >= 11 is 0. The molecule has 2 aromatic rings. The van der Waals surface area contributed by atoms with E-state index in [0.717, 1.165) is 29.5 Å². The smallest absolute Gasteiger partial charge is 0.387 e. The number of nitrogens with one attached hydrogen (secondary N) is 1. The molecule has 162 valence electrons. The average molecular weight is 423 g/mol. The van der Waals surface area contributed by atoms with Gasteiger partial charge in [-0.2, -0.15) is 8.78 Å². The molecule has 1 aliphatic heterocycles. The van der Waals surface area contributed by atoms with Gasteiger partial charge in [-0.25, -0.2) is 19.2 Å². The Balaban J connectivity index is 1.59. The Bertz CT molecular complexity index is 902. The second-order valence-corrected chi connectivity index (χ2v) is 7.31. The van der Waals surface area contributed by atoms with Crippen LogP contribution in [0.4, 0.5) is 29.5 Å². The minimum absolute atomic E-state index is 0.162. The first kappa shape index (κ1) is 21.7. The predicted molar refractivity (Wildman–Crippen MR) is 107 cm³/mol. The fraction of sp³-hybridized carbons (Fsp3) is 0.450. The van der Waals surface area contributed by atoms with Gasteiger partial charge in [0.2, 0.25) is 0 Å². The summed E-state index contributed by atoms with van der Waals surface area (Å²) < 4.78 is 42.3. The number of hydrogen-bond acceptors (Lipinski definition) is 5. The minimum atomic E-state index is -3.12. The normalized spacial score (nSPS) is 14.4. The Labute approximate surface area is 172 Å². The zero-order valence-electron chi connectivity index (χ0n) is 17.0. The van der Waals surface area contributed by atoms with Gasteiger partial charge in [0.15, 0.2) is 11.6 Å². The number of ether oxygens (including phenoxy) is 1. The molecule has 2 amide bonds. The van der Waals surface area contributed by atoms with Crippen LogP contribution in [0.15, 0.2) is 24.3 Å². The molecule has 1 aromatic carbocycles. The van der Waals surface area contributed by atoms with Gasteiger partial charge >= 0.3 is 12.6 Å². The van der Waals surface area contributed by atoms with Crippen LogP contribution in [-0.2, 0) is 0 Å². The fourth-order valence-electron chi connectivity index (χ4n) is 3.11. The Kier molecular flexibility index (Phi) is 6.63. The van der Waals surface area contributed by atoms with Gasteiger partial charge < -0.3 is 19.9 Å². The van der Waals surface area contributed by atoms with Crippen LogP contribution in [0.2, 0.25) is 0 Å². The molecule has 2 heterocycles. The number of carbonyl (C=O) groups excluding carboxylic acids is 1. The van der Waals surface area contributed by atoms with E-state index in [2.05, 4.69) is 24.9 Å². The third-order valence-corrected chi connectivity index (χ3v) is 4.66. The van der Waals surface area contributed by atoms with Crippen LogP contribution in [-0.4, -0.2) is 53.7 Å². The molecule has 7 nitrogen and oxygen atoms in total. The lowest BCUT2D eigenvalue weighted by Crippen LogP contribution is -2.50. The van der Waals surface area contributed by atoms with E-state index in [0.29, 0.717) is 26.2 Å². The lowest BCUT2D eigenvalue weighted by atomic mass is 10.2. The third-order valence-electron chi connectivity index (χ3n) is 4.66. The molecule has 0 saturated carbocycles. The van der Waals surface area contributed by atoms with Crippen LogP contribution >= 0.6 is 0 Å². The zero-order chi connectivity index (χ0) is 21.8. The van der Waals surface area contributed by atoms with Crippen LogP contribution < -0.4 is 15.0 Å². The topological polar surface area (TPSA) is 70.6 Å². The van der Waals surface area contributed by atoms with E-state index in [-0.39, 0.29) is 11.6 Å². The lowest BCUT2D eigenvalue weighted by molar-refractivity contribution is -0.0521. The van der Waals surface area contributed by atoms with Gasteiger partial charge in [-0.15, -0.1) is 0 Å². The average Bonchev–Trinajstić information content (AvgIpc) is 2.69. The number of carbonyl (C=O) groups is 1. The number of urea groups is 1. The molecule has 0 radical (unpaired) electrons. The van der Waals surface area contributed by atoms with Gasteiger partial charge in [0, 0.05) is 55.6 Å². The summed E-state index contributed by atoms with van der Waals surface area (Å²) in [6, 6.07) is 4.85. The molecule has 0 aliphatic carbocycles. The highest BCUT2D eigenvalue weighted by atomic mass is 19.3. The third kappa shape index (κ3) is 5.31. The maximum absolute atomic E-state index is 13.8. The van der Waals surface area contributed by atoms with E-state index in [1.807, 2.05) is 26.8 Å². The molecule has 1 fully saturated rings. The Morgan fingerprint density at radius 1 is 1.13 bits per heavy atom. The maximum atomic E-state index is 13.8. The van der Waals surface area contributed by atoms with E-state index in [9.17, 15) is 18.0 Å². The van der Waals surface area contributed by atoms with Gasteiger partial charge in [-0.3, -0.25) is 0 Å². The van der Waals surface area contributed by atoms with E-state index < -0.39 is 24.2 Å². The number of nitrogens with zero attached hydrogens (tertiary/aromatic N) is 4. The van der Waals surface area contributed by atoms with Crippen LogP contribution in [0.1, 0.15) is 31.3 Å². The van der Waals surface area contributed by atoms with Crippen molar-refractivity contribution in [2.75, 3.05) is 36.4 Å². The molecule has 1 aromatic heterocycles. The molecule has 0 unspecified atom stereocenters. The number of rotatable bonds is 5. The molecule has 0 spiro atoms. The first-order valence-electron chi connectivity index (χ1n) is 9.63. The number of anilines is 2. The van der Waals surface area contributed by atoms with Crippen molar-refractivity contribution in [2.45, 2.75) is 33.3 Å². The standard InChI is InChI=1S/C20H24F3N5O2/c1-12(2)18-24-13(3)10-17(26-18)27-6-8-28(9-7-27)20(29)25-14-4-5-16(15(21)11-14)30-19(22)23/h4-5,10-12,19H,6-9H2,1-3H3,(H,25,29). The van der Waals surface area contributed by atoms with Crippen molar-refractivity contribution in [1.29, 1.82) is 0 Å². The van der Waals surface area contributed by atoms with Crippen LogP contribution in [0.25, 0.3) is 0 Å². The predicted octanol–water partition coefficient (Wildman–Crippen LogP) is 4.00. The summed E-state index contributed by atoms with van der Waals surface area (Å²) in [4.78, 5) is 25.3. The van der Waals surface area contributed by atoms with E-state index >= 15 is 0 Å². The van der Waals surface area contributed by atoms with Crippen LogP contribution in [0, 0.1) is 12.7 Å². The van der Waals surface area contributed by atoms with Crippen molar-refractivity contribution in [3.8, 4) is 5.75 Å². The highest BCUT2D eigenvalue weighted by Gasteiger charge is 2.23. The van der Waals surface area contributed by atoms with Crippen LogP contribution in [0.5, 0.6) is 5.75 Å². The molecular weight excluding hydrogens is 399 g/mol. The van der Waals surface area contributed by atoms with Crippen molar-refractivity contribution in [2.24, 2.45) is 0 Å². The van der Waals surface area contributed by atoms with E-state index in [1.165, 1.54) is 6.07 Å². The Morgan fingerprint density at radius 3 is 2.43 bits per heavy atom. The monoisotopic (exact) mass is 423 g/mol. The van der Waals surface area contributed by atoms with Crippen LogP contribution in [0.3, 0.4) is 0 Å². The number of piperazine rings is 1. The van der Waals surface area contributed by atoms with Gasteiger partial charge in [-0.05, 0) is 19.1 Å². The number of benzene rings is 1. The molecular formula is C20H24F3N5O2. The number of alkyl halides is 2. The quantitative estimate of drug-likeness (QED) is 0.787. The lowest BCUT2D eigenvalue weighted by Gasteiger charge is -2.35. The largest absolute Gasteiger partial charge is 0.432 e. The summed E-state index contributed by atoms with van der Waals surface area (Å²) in [5, 5.41) is 2.58. The number of aryl methyl sites for hydroxylation is 1. The van der Waals surface area contributed by atoms with Crippen molar-refractivity contribution in [1.82, 2.24) is 14.9 Å². The molecule has 0 atom stereocenters. The molecule has 3 rings (SSSR count). The number of hydrogen-bond donors (Lipinski definition) is 1. The maximum Gasteiger partial charge on any atom is 0.387 e. The molecule has 0 bridgehead atoms. The molecule has 30 heavy (non-hydrogen) atoms. The number of amides is 2. The van der Waals surface area contributed by atoms with Gasteiger partial charge in [0.25, 0.3) is 0 Å². The Morgan fingerprint density at radius 2 is 1.83 bits per heavy atom. The summed E-state index contributed by atoms with van der Waals surface area (Å²) in [5.41, 5.74) is 1.06. The first-order chi connectivity index (χ1) is 14.2. The first-order valence-corrected chi connectivity index (χ1v) is 9.63. The highest BCUT2D eigenvalue weighted by molar-refractivity contribution is 5.89. The van der Waals surface area contributed by atoms with E-state index in [1.54, 1.807) is 4.90 Å². The molecule has 1 saturated heterocycles. The molecule has 10 heteroatoms. The summed E-state index contributed by atoms with van der Waals surface area (Å²) in [6.07, 6.45) is 0. The van der Waals surface area contributed by atoms with Crippen molar-refractivity contribution >= 4 is 17.5 Å². The van der Waals surface area contributed by atoms with E-state index in [4.69, 9.17) is 0 Å². The van der Waals surface area contributed by atoms with Gasteiger partial charge in [-0.1, -0.05) is 13.8 Å². The summed E-state index contributed by atoms with van der Waals surface area (Å²) in [5.74, 6) is 0.290. The number of aromatic nitrogens is 2. The van der Waals surface area contributed by atoms with Gasteiger partial charge in [0.1, 0.15) is 11.6 Å². The Hall–Kier alpha value is -3.04. The fourth-order valence-corrected chi connectivity index (χ4v) is 3.11.